The first-order valence-corrected chi connectivity index (χ1v) is 34.7. The standard InChI is InChI=1S/C12H17F.2C12H18.C11H15Cl.2C11H15F.C11H16.C7H7Cl.C2H6/c1-9-5-10(7-11(13)6-9)8-12(2,3)4;1-10-5-7-11(8-6-10)9-12(2,3)4;1-10-6-5-7-11(8-10)9-12(2,3)4;2*1-11(2,3)8-9-4-6-10(12)7-5-9;1-11(2,3)8-9-5-4-6-10(12)7-9;1-11(2,3)9-10-7-5-4-6-8-10;1-6-3-2-4-7(8)5-6;1-2/h5-7H,8H2,1-4H3;2*5-8H,9H2,1-4H3;3*4-7H,8H2,1-3H3;4-8H,9H2,1-3H3;2-5H,1H3;1-2H3. The molecule has 0 amide bonds. The Hall–Kier alpha value is -5.87. The summed E-state index contributed by atoms with van der Waals surface area (Å²) < 4.78 is 38.3. The summed E-state index contributed by atoms with van der Waals surface area (Å²) in [5.41, 5.74) is 16.2. The lowest BCUT2D eigenvalue weighted by Crippen LogP contribution is -2.09. The molecular formula is C89H127Cl2F3. The third kappa shape index (κ3) is 52.4. The number of rotatable bonds is 7. The summed E-state index contributed by atoms with van der Waals surface area (Å²) in [6.07, 6.45) is 7.42. The van der Waals surface area contributed by atoms with E-state index in [0.717, 1.165) is 71.7 Å². The largest absolute Gasteiger partial charge is 0.207 e. The average Bonchev–Trinajstić information content (AvgIpc) is 1.47. The van der Waals surface area contributed by atoms with Crippen molar-refractivity contribution in [2.75, 3.05) is 0 Å². The van der Waals surface area contributed by atoms with Gasteiger partial charge in [0.25, 0.3) is 0 Å². The van der Waals surface area contributed by atoms with Gasteiger partial charge in [0.05, 0.1) is 0 Å². The monoisotopic (exact) mass is 1320 g/mol. The van der Waals surface area contributed by atoms with Gasteiger partial charge in [0.2, 0.25) is 0 Å². The summed E-state index contributed by atoms with van der Waals surface area (Å²) in [5.74, 6) is -0.427. The van der Waals surface area contributed by atoms with Crippen LogP contribution in [0.1, 0.15) is 220 Å². The molecule has 0 spiro atoms. The lowest BCUT2D eigenvalue weighted by Gasteiger charge is -2.18. The molecule has 0 aromatic heterocycles. The summed E-state index contributed by atoms with van der Waals surface area (Å²) in [6, 6.07) is 62.8. The Morgan fingerprint density at radius 3 is 0.872 bits per heavy atom. The molecule has 0 radical (unpaired) electrons. The number of aryl methyl sites for hydroxylation is 4. The van der Waals surface area contributed by atoms with Crippen LogP contribution in [0.2, 0.25) is 10.0 Å². The van der Waals surface area contributed by atoms with Gasteiger partial charge in [-0.3, -0.25) is 0 Å². The fourth-order valence-electron chi connectivity index (χ4n) is 9.78. The predicted molar refractivity (Wildman–Crippen MR) is 414 cm³/mol. The van der Waals surface area contributed by atoms with E-state index in [0.29, 0.717) is 21.7 Å². The van der Waals surface area contributed by atoms with Gasteiger partial charge in [-0.15, -0.1) is 0 Å². The minimum Gasteiger partial charge on any atom is -0.207 e. The molecule has 94 heavy (non-hydrogen) atoms. The Kier molecular flexibility index (Phi) is 40.0. The van der Waals surface area contributed by atoms with Crippen molar-refractivity contribution in [3.63, 3.8) is 0 Å². The summed E-state index contributed by atoms with van der Waals surface area (Å²) in [7, 11) is 0. The molecule has 0 aliphatic carbocycles. The van der Waals surface area contributed by atoms with Gasteiger partial charge in [-0.1, -0.05) is 327 Å². The van der Waals surface area contributed by atoms with Crippen LogP contribution in [0.3, 0.4) is 0 Å². The minimum absolute atomic E-state index is 0.126. The highest BCUT2D eigenvalue weighted by molar-refractivity contribution is 6.30. The first-order chi connectivity index (χ1) is 43.1. The number of hydrogen-bond acceptors (Lipinski definition) is 0. The van der Waals surface area contributed by atoms with Gasteiger partial charge in [0, 0.05) is 10.0 Å². The first-order valence-electron chi connectivity index (χ1n) is 34.0. The van der Waals surface area contributed by atoms with Crippen molar-refractivity contribution in [1.29, 1.82) is 0 Å². The highest BCUT2D eigenvalue weighted by Gasteiger charge is 2.16. The molecule has 0 atom stereocenters. The number of hydrogen-bond donors (Lipinski definition) is 0. The van der Waals surface area contributed by atoms with E-state index in [9.17, 15) is 13.2 Å². The number of benzene rings is 8. The second kappa shape index (κ2) is 42.6. The van der Waals surface area contributed by atoms with Crippen LogP contribution >= 0.6 is 23.2 Å². The van der Waals surface area contributed by atoms with E-state index in [-0.39, 0.29) is 33.7 Å². The smallest absolute Gasteiger partial charge is 0.123 e. The maximum Gasteiger partial charge on any atom is 0.123 e. The molecule has 5 heteroatoms. The van der Waals surface area contributed by atoms with Crippen molar-refractivity contribution in [2.24, 2.45) is 37.9 Å². The normalized spacial score (nSPS) is 11.3. The van der Waals surface area contributed by atoms with Crippen molar-refractivity contribution >= 4 is 23.2 Å². The summed E-state index contributed by atoms with van der Waals surface area (Å²) in [6.45, 7) is 58.8. The lowest BCUT2D eigenvalue weighted by atomic mass is 9.88. The van der Waals surface area contributed by atoms with Gasteiger partial charge < -0.3 is 0 Å². The fraction of sp³-hybridized carbons (Fsp3) is 0.461. The molecule has 0 saturated carbocycles. The topological polar surface area (TPSA) is 0 Å². The highest BCUT2D eigenvalue weighted by atomic mass is 35.5. The Morgan fingerprint density at radius 2 is 0.521 bits per heavy atom. The maximum atomic E-state index is 13.0. The van der Waals surface area contributed by atoms with Gasteiger partial charge in [-0.05, 0) is 221 Å². The van der Waals surface area contributed by atoms with Crippen LogP contribution in [-0.4, -0.2) is 0 Å². The Labute approximate surface area is 585 Å². The number of halogens is 5. The van der Waals surface area contributed by atoms with E-state index in [2.05, 4.69) is 250 Å². The Morgan fingerprint density at radius 1 is 0.223 bits per heavy atom. The van der Waals surface area contributed by atoms with Crippen LogP contribution in [0.15, 0.2) is 194 Å². The second-order valence-corrected chi connectivity index (χ2v) is 34.3. The van der Waals surface area contributed by atoms with Gasteiger partial charge in [-0.25, -0.2) is 13.2 Å². The summed E-state index contributed by atoms with van der Waals surface area (Å²) >= 11 is 11.4. The average molecular weight is 1320 g/mol. The molecule has 0 fully saturated rings. The molecule has 0 unspecified atom stereocenters. The summed E-state index contributed by atoms with van der Waals surface area (Å²) in [5, 5.41) is 1.62. The van der Waals surface area contributed by atoms with Gasteiger partial charge in [-0.2, -0.15) is 0 Å². The molecule has 0 N–H and O–H groups in total. The van der Waals surface area contributed by atoms with Crippen LogP contribution in [0.4, 0.5) is 13.2 Å². The zero-order valence-electron chi connectivity index (χ0n) is 63.8. The predicted octanol–water partition coefficient (Wildman–Crippen LogP) is 28.6. The first kappa shape index (κ1) is 88.1. The zero-order valence-corrected chi connectivity index (χ0v) is 65.3. The van der Waals surface area contributed by atoms with Crippen LogP contribution in [0.5, 0.6) is 0 Å². The molecule has 0 bridgehead atoms. The van der Waals surface area contributed by atoms with E-state index in [4.69, 9.17) is 23.2 Å². The maximum absolute atomic E-state index is 13.0. The fourth-order valence-corrected chi connectivity index (χ4v) is 10.2. The van der Waals surface area contributed by atoms with Crippen molar-refractivity contribution < 1.29 is 13.2 Å². The third-order valence-corrected chi connectivity index (χ3v) is 13.5. The van der Waals surface area contributed by atoms with E-state index in [1.165, 1.54) is 62.7 Å². The van der Waals surface area contributed by atoms with E-state index in [1.807, 2.05) is 88.4 Å². The molecule has 0 aliphatic heterocycles. The molecule has 518 valence electrons. The van der Waals surface area contributed by atoms with Crippen molar-refractivity contribution in [3.8, 4) is 0 Å². The van der Waals surface area contributed by atoms with E-state index in [1.54, 1.807) is 24.3 Å². The van der Waals surface area contributed by atoms with E-state index < -0.39 is 0 Å². The minimum atomic E-state index is -0.160. The Bertz CT molecular complexity index is 3020. The van der Waals surface area contributed by atoms with Crippen LogP contribution in [0, 0.1) is 83.1 Å². The zero-order chi connectivity index (χ0) is 72.3. The van der Waals surface area contributed by atoms with Gasteiger partial charge in [0.15, 0.2) is 0 Å². The second-order valence-electron chi connectivity index (χ2n) is 33.4. The Balaban J connectivity index is 0.00000105. The summed E-state index contributed by atoms with van der Waals surface area (Å²) in [4.78, 5) is 0. The van der Waals surface area contributed by atoms with Crippen LogP contribution < -0.4 is 0 Å². The molecule has 0 heterocycles. The molecule has 0 saturated heterocycles. The highest BCUT2D eigenvalue weighted by Crippen LogP contribution is 2.26. The molecular weight excluding hydrogens is 1200 g/mol. The molecule has 8 rings (SSSR count). The quantitative estimate of drug-likeness (QED) is 0.149. The van der Waals surface area contributed by atoms with Crippen molar-refractivity contribution in [2.45, 2.75) is 232 Å². The molecule has 8 aromatic carbocycles. The van der Waals surface area contributed by atoms with E-state index >= 15 is 0 Å². The SMILES string of the molecule is CC.CC(C)(C)Cc1ccc(Cl)cc1.CC(C)(C)Cc1ccc(F)cc1.CC(C)(C)Cc1cccc(F)c1.CC(C)(C)Cc1ccccc1.Cc1cc(F)cc(CC(C)(C)C)c1.Cc1ccc(CC(C)(C)C)cc1.Cc1cccc(CC(C)(C)C)c1.Cc1cccc(Cl)c1. The van der Waals surface area contributed by atoms with Gasteiger partial charge >= 0.3 is 0 Å². The molecule has 8 aromatic rings. The van der Waals surface area contributed by atoms with Gasteiger partial charge in [0.1, 0.15) is 17.5 Å². The molecule has 0 nitrogen and oxygen atoms in total. The van der Waals surface area contributed by atoms with Crippen LogP contribution in [0.25, 0.3) is 0 Å². The lowest BCUT2D eigenvalue weighted by molar-refractivity contribution is 0.410. The third-order valence-electron chi connectivity index (χ3n) is 13.0. The van der Waals surface area contributed by atoms with Crippen molar-refractivity contribution in [1.82, 2.24) is 0 Å². The van der Waals surface area contributed by atoms with Crippen molar-refractivity contribution in [3.05, 3.63) is 283 Å². The molecule has 0 aliphatic rings. The van der Waals surface area contributed by atoms with Crippen LogP contribution in [-0.2, 0) is 44.9 Å².